The van der Waals surface area contributed by atoms with Gasteiger partial charge < -0.3 is 10.2 Å². The molecule has 0 aromatic heterocycles. The van der Waals surface area contributed by atoms with Crippen molar-refractivity contribution >= 4 is 46.7 Å². The summed E-state index contributed by atoms with van der Waals surface area (Å²) in [6, 6.07) is 9.37. The lowest BCUT2D eigenvalue weighted by Crippen LogP contribution is -2.34. The third-order valence-electron chi connectivity index (χ3n) is 3.87. The first-order valence-electron chi connectivity index (χ1n) is 7.58. The van der Waals surface area contributed by atoms with Gasteiger partial charge in [-0.3, -0.25) is 0 Å². The maximum absolute atomic E-state index is 12.7. The Morgan fingerprint density at radius 1 is 1.15 bits per heavy atom. The average molecular weight is 421 g/mol. The molecule has 1 aliphatic heterocycles. The van der Waals surface area contributed by atoms with Crippen molar-refractivity contribution in [1.82, 2.24) is 4.90 Å². The maximum Gasteiger partial charge on any atom is 0.416 e. The summed E-state index contributed by atoms with van der Waals surface area (Å²) in [5, 5.41) is 2.90. The Morgan fingerprint density at radius 3 is 2.50 bits per heavy atom. The highest BCUT2D eigenvalue weighted by Crippen LogP contribution is 2.40. The van der Waals surface area contributed by atoms with E-state index in [2.05, 4.69) is 5.32 Å². The third kappa shape index (κ3) is 4.05. The first-order chi connectivity index (χ1) is 12.3. The van der Waals surface area contributed by atoms with Gasteiger partial charge in [-0.25, -0.2) is 4.79 Å². The van der Waals surface area contributed by atoms with Crippen molar-refractivity contribution in [2.45, 2.75) is 11.6 Å². The number of hydrogen-bond acceptors (Lipinski definition) is 2. The van der Waals surface area contributed by atoms with E-state index in [9.17, 15) is 18.0 Å². The second-order valence-electron chi connectivity index (χ2n) is 5.57. The van der Waals surface area contributed by atoms with Gasteiger partial charge in [0.05, 0.1) is 21.3 Å². The number of carbonyl (C=O) groups excluding carboxylic acids is 1. The Morgan fingerprint density at radius 2 is 1.85 bits per heavy atom. The number of nitrogens with one attached hydrogen (secondary N) is 1. The van der Waals surface area contributed by atoms with Crippen LogP contribution in [0, 0.1) is 0 Å². The molecule has 0 saturated carbocycles. The van der Waals surface area contributed by atoms with Crippen LogP contribution in [0.15, 0.2) is 42.5 Å². The van der Waals surface area contributed by atoms with E-state index in [0.717, 1.165) is 12.1 Å². The summed E-state index contributed by atoms with van der Waals surface area (Å²) >= 11 is 13.5. The highest BCUT2D eigenvalue weighted by atomic mass is 35.5. The van der Waals surface area contributed by atoms with Gasteiger partial charge in [-0.05, 0) is 29.8 Å². The second kappa shape index (κ2) is 7.58. The molecule has 0 spiro atoms. The summed E-state index contributed by atoms with van der Waals surface area (Å²) in [6.45, 7) is 0.473. The van der Waals surface area contributed by atoms with Crippen molar-refractivity contribution in [3.63, 3.8) is 0 Å². The molecular weight excluding hydrogens is 408 g/mol. The largest absolute Gasteiger partial charge is 0.416 e. The van der Waals surface area contributed by atoms with Crippen LogP contribution in [0.5, 0.6) is 0 Å². The summed E-state index contributed by atoms with van der Waals surface area (Å²) < 4.78 is 38.1. The molecule has 0 aliphatic carbocycles. The van der Waals surface area contributed by atoms with Gasteiger partial charge in [0.25, 0.3) is 0 Å². The van der Waals surface area contributed by atoms with Crippen molar-refractivity contribution in [3.05, 3.63) is 63.6 Å². The predicted octanol–water partition coefficient (Wildman–Crippen LogP) is 6.29. The molecule has 1 heterocycles. The van der Waals surface area contributed by atoms with Gasteiger partial charge in [0.15, 0.2) is 0 Å². The Balaban J connectivity index is 1.77. The lowest BCUT2D eigenvalue weighted by molar-refractivity contribution is -0.137. The van der Waals surface area contributed by atoms with Crippen LogP contribution in [0.3, 0.4) is 0 Å². The van der Waals surface area contributed by atoms with Crippen LogP contribution in [0.2, 0.25) is 10.0 Å². The number of thioether (sulfide) groups is 1. The predicted molar refractivity (Wildman–Crippen MR) is 98.8 cm³/mol. The molecular formula is C17H13Cl2F3N2OS. The van der Waals surface area contributed by atoms with E-state index in [-0.39, 0.29) is 16.4 Å². The van der Waals surface area contributed by atoms with Crippen molar-refractivity contribution in [1.29, 1.82) is 0 Å². The molecule has 3 rings (SSSR count). The minimum absolute atomic E-state index is 0.237. The third-order valence-corrected chi connectivity index (χ3v) is 5.95. The standard InChI is InChI=1S/C17H13Cl2F3N2OS/c18-12-2-1-3-13(14(12)19)23-16(25)24-8-9-26-15(24)10-4-6-11(7-5-10)17(20,21)22/h1-7,15H,8-9H2,(H,23,25). The molecule has 2 aromatic rings. The van der Waals surface area contributed by atoms with Crippen LogP contribution < -0.4 is 5.32 Å². The fraction of sp³-hybridized carbons (Fsp3) is 0.235. The molecule has 138 valence electrons. The minimum Gasteiger partial charge on any atom is -0.308 e. The zero-order valence-corrected chi connectivity index (χ0v) is 15.5. The van der Waals surface area contributed by atoms with E-state index in [1.165, 1.54) is 23.9 Å². The molecule has 1 fully saturated rings. The molecule has 0 bridgehead atoms. The highest BCUT2D eigenvalue weighted by molar-refractivity contribution is 7.99. The lowest BCUT2D eigenvalue weighted by atomic mass is 10.1. The van der Waals surface area contributed by atoms with Gasteiger partial charge in [-0.1, -0.05) is 41.4 Å². The topological polar surface area (TPSA) is 32.3 Å². The van der Waals surface area contributed by atoms with Crippen LogP contribution >= 0.6 is 35.0 Å². The molecule has 3 nitrogen and oxygen atoms in total. The summed E-state index contributed by atoms with van der Waals surface area (Å²) in [5.41, 5.74) is 0.297. The van der Waals surface area contributed by atoms with E-state index >= 15 is 0 Å². The number of halogens is 5. The first-order valence-corrected chi connectivity index (χ1v) is 9.38. The van der Waals surface area contributed by atoms with Crippen LogP contribution in [-0.4, -0.2) is 23.2 Å². The van der Waals surface area contributed by atoms with E-state index < -0.39 is 11.7 Å². The van der Waals surface area contributed by atoms with Crippen LogP contribution in [0.4, 0.5) is 23.7 Å². The molecule has 1 N–H and O–H groups in total. The quantitative estimate of drug-likeness (QED) is 0.618. The van der Waals surface area contributed by atoms with Crippen LogP contribution in [-0.2, 0) is 6.18 Å². The zero-order chi connectivity index (χ0) is 18.9. The number of anilines is 1. The number of rotatable bonds is 2. The Bertz CT molecular complexity index is 815. The van der Waals surface area contributed by atoms with E-state index in [1.54, 1.807) is 23.1 Å². The summed E-state index contributed by atoms with van der Waals surface area (Å²) in [6.07, 6.45) is -4.39. The van der Waals surface area contributed by atoms with Gasteiger partial charge in [-0.15, -0.1) is 11.8 Å². The Kier molecular flexibility index (Phi) is 5.60. The number of hydrogen-bond donors (Lipinski definition) is 1. The lowest BCUT2D eigenvalue weighted by Gasteiger charge is -2.25. The zero-order valence-electron chi connectivity index (χ0n) is 13.2. The van der Waals surface area contributed by atoms with Crippen LogP contribution in [0.1, 0.15) is 16.5 Å². The fourth-order valence-electron chi connectivity index (χ4n) is 2.58. The van der Waals surface area contributed by atoms with E-state index in [1.807, 2.05) is 0 Å². The normalized spacial score (nSPS) is 17.4. The fourth-order valence-corrected chi connectivity index (χ4v) is 4.18. The summed E-state index contributed by atoms with van der Waals surface area (Å²) in [4.78, 5) is 14.2. The number of amides is 2. The number of carbonyl (C=O) groups is 1. The first kappa shape index (κ1) is 19.2. The maximum atomic E-state index is 12.7. The van der Waals surface area contributed by atoms with Gasteiger partial charge in [0.1, 0.15) is 5.37 Å². The Hall–Kier alpha value is -1.57. The molecule has 1 aliphatic rings. The molecule has 1 saturated heterocycles. The van der Waals surface area contributed by atoms with Gasteiger partial charge in [0, 0.05) is 12.3 Å². The number of benzene rings is 2. The molecule has 0 radical (unpaired) electrons. The molecule has 26 heavy (non-hydrogen) atoms. The summed E-state index contributed by atoms with van der Waals surface area (Å²) in [7, 11) is 0. The molecule has 2 aromatic carbocycles. The smallest absolute Gasteiger partial charge is 0.308 e. The van der Waals surface area contributed by atoms with E-state index in [4.69, 9.17) is 23.2 Å². The average Bonchev–Trinajstić information content (AvgIpc) is 3.08. The molecule has 9 heteroatoms. The van der Waals surface area contributed by atoms with Crippen LogP contribution in [0.25, 0.3) is 0 Å². The van der Waals surface area contributed by atoms with Gasteiger partial charge in [-0.2, -0.15) is 13.2 Å². The minimum atomic E-state index is -4.39. The van der Waals surface area contributed by atoms with Crippen molar-refractivity contribution in [2.24, 2.45) is 0 Å². The molecule has 1 atom stereocenters. The van der Waals surface area contributed by atoms with Crippen molar-refractivity contribution in [2.75, 3.05) is 17.6 Å². The monoisotopic (exact) mass is 420 g/mol. The Labute approximate surface area is 162 Å². The SMILES string of the molecule is O=C(Nc1cccc(Cl)c1Cl)N1CCSC1c1ccc(C(F)(F)F)cc1. The highest BCUT2D eigenvalue weighted by Gasteiger charge is 2.33. The second-order valence-corrected chi connectivity index (χ2v) is 7.54. The van der Waals surface area contributed by atoms with E-state index in [0.29, 0.717) is 28.6 Å². The number of alkyl halides is 3. The molecule has 2 amide bonds. The van der Waals surface area contributed by atoms with Crippen molar-refractivity contribution in [3.8, 4) is 0 Å². The van der Waals surface area contributed by atoms with Gasteiger partial charge >= 0.3 is 12.2 Å². The number of urea groups is 1. The summed E-state index contributed by atoms with van der Waals surface area (Å²) in [5.74, 6) is 0.683. The number of nitrogens with zero attached hydrogens (tertiary/aromatic N) is 1. The van der Waals surface area contributed by atoms with Crippen molar-refractivity contribution < 1.29 is 18.0 Å². The molecule has 1 unspecified atom stereocenters. The van der Waals surface area contributed by atoms with Gasteiger partial charge in [0.2, 0.25) is 0 Å².